The van der Waals surface area contributed by atoms with E-state index in [1.165, 1.54) is 24.9 Å². The number of carbonyl (C=O) groups is 2. The molecule has 1 heterocycles. The molecule has 2 aromatic carbocycles. The van der Waals surface area contributed by atoms with Crippen LogP contribution in [0.3, 0.4) is 0 Å². The van der Waals surface area contributed by atoms with Crippen molar-refractivity contribution in [2.24, 2.45) is 16.5 Å². The second-order valence-corrected chi connectivity index (χ2v) is 8.17. The normalized spacial score (nSPS) is 17.6. The molecule has 1 aliphatic heterocycles. The maximum Gasteiger partial charge on any atom is 0.320 e. The molecule has 1 amide bonds. The van der Waals surface area contributed by atoms with Gasteiger partial charge in [-0.15, -0.1) is 0 Å². The van der Waals surface area contributed by atoms with Crippen LogP contribution in [0.5, 0.6) is 0 Å². The number of nitrogens with zero attached hydrogens (tertiary/aromatic N) is 2. The average molecular weight is 438 g/mol. The summed E-state index contributed by atoms with van der Waals surface area (Å²) in [5.74, 6) is -1.49. The highest BCUT2D eigenvalue weighted by atomic mass is 16.4. The number of carboxylic acids is 1. The molecule has 3 rings (SSSR count). The Morgan fingerprint density at radius 2 is 1.91 bits per heavy atom. The van der Waals surface area contributed by atoms with Gasteiger partial charge in [-0.1, -0.05) is 30.3 Å². The highest BCUT2D eigenvalue weighted by Gasteiger charge is 2.20. The van der Waals surface area contributed by atoms with Crippen LogP contribution in [-0.2, 0) is 17.8 Å². The molecule has 0 bridgehead atoms. The third kappa shape index (κ3) is 6.07. The van der Waals surface area contributed by atoms with Gasteiger partial charge >= 0.3 is 5.97 Å². The van der Waals surface area contributed by atoms with Crippen molar-refractivity contribution in [3.05, 3.63) is 65.2 Å². The Kier molecular flexibility index (Phi) is 7.83. The Morgan fingerprint density at radius 1 is 1.19 bits per heavy atom. The molecule has 0 saturated carbocycles. The van der Waals surface area contributed by atoms with E-state index in [0.717, 1.165) is 17.7 Å². The molecule has 32 heavy (non-hydrogen) atoms. The average Bonchev–Trinajstić information content (AvgIpc) is 2.78. The van der Waals surface area contributed by atoms with E-state index in [0.29, 0.717) is 18.2 Å². The van der Waals surface area contributed by atoms with E-state index in [4.69, 9.17) is 16.6 Å². The van der Waals surface area contributed by atoms with Crippen LogP contribution in [0.15, 0.2) is 53.5 Å². The maximum absolute atomic E-state index is 12.4. The molecule has 1 saturated heterocycles. The lowest BCUT2D eigenvalue weighted by Gasteiger charge is -2.36. The number of piperidine rings is 1. The number of hydrogen-bond acceptors (Lipinski definition) is 4. The maximum atomic E-state index is 12.4. The van der Waals surface area contributed by atoms with Gasteiger partial charge in [-0.2, -0.15) is 4.99 Å². The second kappa shape index (κ2) is 10.8. The van der Waals surface area contributed by atoms with Crippen molar-refractivity contribution in [3.8, 4) is 0 Å². The molecule has 1 aliphatic rings. The number of nitrogens with one attached hydrogen (secondary N) is 1. The van der Waals surface area contributed by atoms with Gasteiger partial charge in [-0.25, -0.2) is 0 Å². The SMILES string of the molecule is CC1CCCCN1c1ccccc1CN/C(N)=N/C(=O)c1ccc(C[C@H](N)C(=O)O)cc1. The molecule has 0 spiro atoms. The number of guanidine groups is 1. The third-order valence-corrected chi connectivity index (χ3v) is 5.76. The van der Waals surface area contributed by atoms with Crippen molar-refractivity contribution in [2.45, 2.75) is 51.2 Å². The molecule has 0 aliphatic carbocycles. The van der Waals surface area contributed by atoms with Gasteiger partial charge in [0.2, 0.25) is 0 Å². The molecule has 8 nitrogen and oxygen atoms in total. The van der Waals surface area contributed by atoms with Gasteiger partial charge in [0, 0.05) is 30.4 Å². The van der Waals surface area contributed by atoms with Crippen LogP contribution in [-0.4, -0.2) is 41.6 Å². The first kappa shape index (κ1) is 23.3. The summed E-state index contributed by atoms with van der Waals surface area (Å²) in [5.41, 5.74) is 14.9. The van der Waals surface area contributed by atoms with Crippen molar-refractivity contribution in [1.82, 2.24) is 5.32 Å². The molecule has 170 valence electrons. The summed E-state index contributed by atoms with van der Waals surface area (Å²) in [5, 5.41) is 11.9. The van der Waals surface area contributed by atoms with Crippen LogP contribution >= 0.6 is 0 Å². The smallest absolute Gasteiger partial charge is 0.320 e. The summed E-state index contributed by atoms with van der Waals surface area (Å²) >= 11 is 0. The van der Waals surface area contributed by atoms with E-state index in [9.17, 15) is 9.59 Å². The molecule has 0 radical (unpaired) electrons. The third-order valence-electron chi connectivity index (χ3n) is 5.76. The van der Waals surface area contributed by atoms with Crippen LogP contribution in [0.1, 0.15) is 47.7 Å². The van der Waals surface area contributed by atoms with Crippen LogP contribution in [0, 0.1) is 0 Å². The van der Waals surface area contributed by atoms with Crippen LogP contribution < -0.4 is 21.7 Å². The first-order valence-corrected chi connectivity index (χ1v) is 10.9. The number of amides is 1. The Morgan fingerprint density at radius 3 is 2.59 bits per heavy atom. The number of aliphatic imine (C=N–C) groups is 1. The highest BCUT2D eigenvalue weighted by Crippen LogP contribution is 2.27. The minimum atomic E-state index is -1.06. The number of benzene rings is 2. The number of rotatable bonds is 7. The zero-order chi connectivity index (χ0) is 23.1. The largest absolute Gasteiger partial charge is 0.480 e. The standard InChI is InChI=1S/C24H31N5O3/c1-16-6-4-5-13-29(16)21-8-3-2-7-19(21)15-27-24(26)28-22(30)18-11-9-17(10-12-18)14-20(25)23(31)32/h2-3,7-12,16,20H,4-6,13-15,25H2,1H3,(H,31,32)(H3,26,27,28,30)/t16?,20-/m0/s1. The Bertz CT molecular complexity index is 974. The van der Waals surface area contributed by atoms with Crippen LogP contribution in [0.2, 0.25) is 0 Å². The molecule has 8 heteroatoms. The predicted molar refractivity (Wildman–Crippen MR) is 126 cm³/mol. The number of carbonyl (C=O) groups excluding carboxylic acids is 1. The quantitative estimate of drug-likeness (QED) is 0.385. The summed E-state index contributed by atoms with van der Waals surface area (Å²) < 4.78 is 0. The van der Waals surface area contributed by atoms with E-state index >= 15 is 0 Å². The Hall–Kier alpha value is -3.39. The van der Waals surface area contributed by atoms with Crippen molar-refractivity contribution in [3.63, 3.8) is 0 Å². The lowest BCUT2D eigenvalue weighted by atomic mass is 10.0. The Labute approximate surface area is 188 Å². The van der Waals surface area contributed by atoms with Gasteiger partial charge in [0.15, 0.2) is 5.96 Å². The van der Waals surface area contributed by atoms with Gasteiger partial charge in [-0.3, -0.25) is 9.59 Å². The predicted octanol–water partition coefficient (Wildman–Crippen LogP) is 2.26. The van der Waals surface area contributed by atoms with E-state index < -0.39 is 17.9 Å². The lowest BCUT2D eigenvalue weighted by molar-refractivity contribution is -0.138. The fourth-order valence-electron chi connectivity index (χ4n) is 3.92. The number of carboxylic acid groups (broad SMARTS) is 1. The van der Waals surface area contributed by atoms with E-state index in [1.807, 2.05) is 12.1 Å². The van der Waals surface area contributed by atoms with E-state index in [1.54, 1.807) is 24.3 Å². The van der Waals surface area contributed by atoms with Gasteiger partial charge < -0.3 is 26.8 Å². The summed E-state index contributed by atoms with van der Waals surface area (Å²) in [4.78, 5) is 29.7. The molecule has 6 N–H and O–H groups in total. The van der Waals surface area contributed by atoms with E-state index in [-0.39, 0.29) is 12.4 Å². The molecular weight excluding hydrogens is 406 g/mol. The van der Waals surface area contributed by atoms with Crippen LogP contribution in [0.4, 0.5) is 5.69 Å². The van der Waals surface area contributed by atoms with Crippen molar-refractivity contribution >= 4 is 23.5 Å². The molecule has 2 aromatic rings. The van der Waals surface area contributed by atoms with Crippen LogP contribution in [0.25, 0.3) is 0 Å². The number of anilines is 1. The molecule has 2 atom stereocenters. The minimum absolute atomic E-state index is 0.0495. The zero-order valence-corrected chi connectivity index (χ0v) is 18.3. The highest BCUT2D eigenvalue weighted by molar-refractivity contribution is 6.02. The van der Waals surface area contributed by atoms with Crippen molar-refractivity contribution < 1.29 is 14.7 Å². The fraction of sp³-hybridized carbons (Fsp3) is 0.375. The van der Waals surface area contributed by atoms with Gasteiger partial charge in [0.05, 0.1) is 0 Å². The van der Waals surface area contributed by atoms with Crippen molar-refractivity contribution in [1.29, 1.82) is 0 Å². The first-order chi connectivity index (χ1) is 15.3. The van der Waals surface area contributed by atoms with Gasteiger partial charge in [0.25, 0.3) is 5.91 Å². The molecular formula is C24H31N5O3. The van der Waals surface area contributed by atoms with Gasteiger partial charge in [0.1, 0.15) is 6.04 Å². The topological polar surface area (TPSA) is 134 Å². The molecule has 1 unspecified atom stereocenters. The number of nitrogens with two attached hydrogens (primary N) is 2. The fourth-order valence-corrected chi connectivity index (χ4v) is 3.92. The van der Waals surface area contributed by atoms with Crippen molar-refractivity contribution in [2.75, 3.05) is 11.4 Å². The summed E-state index contributed by atoms with van der Waals surface area (Å²) in [7, 11) is 0. The summed E-state index contributed by atoms with van der Waals surface area (Å²) in [6, 6.07) is 14.2. The second-order valence-electron chi connectivity index (χ2n) is 8.17. The number of aliphatic carboxylic acids is 1. The zero-order valence-electron chi connectivity index (χ0n) is 18.3. The molecule has 0 aromatic heterocycles. The molecule has 1 fully saturated rings. The Balaban J connectivity index is 1.62. The number of para-hydroxylation sites is 1. The van der Waals surface area contributed by atoms with Gasteiger partial charge in [-0.05, 0) is 61.9 Å². The first-order valence-electron chi connectivity index (χ1n) is 10.9. The minimum Gasteiger partial charge on any atom is -0.480 e. The number of hydrogen-bond donors (Lipinski definition) is 4. The lowest BCUT2D eigenvalue weighted by Crippen LogP contribution is -2.39. The van der Waals surface area contributed by atoms with E-state index in [2.05, 4.69) is 34.3 Å². The summed E-state index contributed by atoms with van der Waals surface area (Å²) in [6.07, 6.45) is 3.81. The monoisotopic (exact) mass is 437 g/mol. The summed E-state index contributed by atoms with van der Waals surface area (Å²) in [6.45, 7) is 3.75.